The number of nitrogens with one attached hydrogen (secondary N) is 1. The Labute approximate surface area is 114 Å². The SMILES string of the molecule is CCCNC(C)(CO)CCCCN(C)C(C)CC. The highest BCUT2D eigenvalue weighted by molar-refractivity contribution is 4.82. The van der Waals surface area contributed by atoms with Gasteiger partial charge < -0.3 is 15.3 Å². The van der Waals surface area contributed by atoms with E-state index in [-0.39, 0.29) is 12.1 Å². The molecule has 2 atom stereocenters. The Bertz CT molecular complexity index is 199. The summed E-state index contributed by atoms with van der Waals surface area (Å²) >= 11 is 0. The molecule has 0 radical (unpaired) electrons. The summed E-state index contributed by atoms with van der Waals surface area (Å²) in [5, 5.41) is 12.9. The number of nitrogens with zero attached hydrogens (tertiary/aromatic N) is 1. The maximum atomic E-state index is 9.47. The van der Waals surface area contributed by atoms with Crippen molar-refractivity contribution in [3.05, 3.63) is 0 Å². The summed E-state index contributed by atoms with van der Waals surface area (Å²) in [5.74, 6) is 0. The second kappa shape index (κ2) is 9.76. The first-order valence-corrected chi connectivity index (χ1v) is 7.55. The van der Waals surface area contributed by atoms with Crippen LogP contribution in [0.4, 0.5) is 0 Å². The van der Waals surface area contributed by atoms with Crippen molar-refractivity contribution in [2.75, 3.05) is 26.7 Å². The Kier molecular flexibility index (Phi) is 9.70. The molecule has 0 aliphatic rings. The van der Waals surface area contributed by atoms with E-state index >= 15 is 0 Å². The van der Waals surface area contributed by atoms with Crippen LogP contribution in [0.3, 0.4) is 0 Å². The maximum Gasteiger partial charge on any atom is 0.0610 e. The molecule has 0 bridgehead atoms. The predicted molar refractivity (Wildman–Crippen MR) is 80.0 cm³/mol. The van der Waals surface area contributed by atoms with Gasteiger partial charge in [-0.3, -0.25) is 0 Å². The first-order chi connectivity index (χ1) is 8.49. The fraction of sp³-hybridized carbons (Fsp3) is 1.00. The fourth-order valence-corrected chi connectivity index (χ4v) is 2.06. The highest BCUT2D eigenvalue weighted by atomic mass is 16.3. The van der Waals surface area contributed by atoms with Gasteiger partial charge in [0.1, 0.15) is 0 Å². The lowest BCUT2D eigenvalue weighted by Crippen LogP contribution is -2.46. The normalized spacial score (nSPS) is 16.8. The van der Waals surface area contributed by atoms with E-state index in [0.29, 0.717) is 6.04 Å². The summed E-state index contributed by atoms with van der Waals surface area (Å²) in [4.78, 5) is 2.43. The van der Waals surface area contributed by atoms with Gasteiger partial charge in [-0.25, -0.2) is 0 Å². The minimum Gasteiger partial charge on any atom is -0.394 e. The molecule has 2 unspecified atom stereocenters. The van der Waals surface area contributed by atoms with Crippen LogP contribution in [0.2, 0.25) is 0 Å². The zero-order valence-electron chi connectivity index (χ0n) is 13.1. The van der Waals surface area contributed by atoms with Crippen molar-refractivity contribution in [3.8, 4) is 0 Å². The monoisotopic (exact) mass is 258 g/mol. The second-order valence-electron chi connectivity index (χ2n) is 5.84. The third-order valence-corrected chi connectivity index (χ3v) is 3.98. The molecule has 0 saturated heterocycles. The Hall–Kier alpha value is -0.120. The van der Waals surface area contributed by atoms with Crippen molar-refractivity contribution in [2.45, 2.75) is 71.4 Å². The van der Waals surface area contributed by atoms with E-state index in [1.54, 1.807) is 0 Å². The standard InChI is InChI=1S/C15H34N2O/c1-6-11-16-15(4,13-18)10-8-9-12-17(5)14(3)7-2/h14,16,18H,6-13H2,1-5H3. The lowest BCUT2D eigenvalue weighted by atomic mass is 9.95. The summed E-state index contributed by atoms with van der Waals surface area (Å²) in [7, 11) is 2.20. The van der Waals surface area contributed by atoms with Crippen LogP contribution in [0.1, 0.15) is 59.8 Å². The zero-order chi connectivity index (χ0) is 14.0. The van der Waals surface area contributed by atoms with Crippen LogP contribution in [0.25, 0.3) is 0 Å². The molecule has 3 nitrogen and oxygen atoms in total. The Morgan fingerprint density at radius 2 is 1.94 bits per heavy atom. The molecule has 18 heavy (non-hydrogen) atoms. The molecular formula is C15H34N2O. The highest BCUT2D eigenvalue weighted by Gasteiger charge is 2.21. The van der Waals surface area contributed by atoms with Crippen LogP contribution in [0, 0.1) is 0 Å². The van der Waals surface area contributed by atoms with Crippen molar-refractivity contribution >= 4 is 0 Å². The van der Waals surface area contributed by atoms with Gasteiger partial charge in [-0.2, -0.15) is 0 Å². The summed E-state index contributed by atoms with van der Waals surface area (Å²) in [6.45, 7) is 11.2. The van der Waals surface area contributed by atoms with Crippen molar-refractivity contribution in [1.82, 2.24) is 10.2 Å². The molecule has 0 fully saturated rings. The van der Waals surface area contributed by atoms with Crippen LogP contribution >= 0.6 is 0 Å². The average Bonchev–Trinajstić information content (AvgIpc) is 2.40. The number of aliphatic hydroxyl groups is 1. The Balaban J connectivity index is 3.80. The van der Waals surface area contributed by atoms with E-state index in [1.807, 2.05) is 0 Å². The van der Waals surface area contributed by atoms with E-state index in [4.69, 9.17) is 0 Å². The highest BCUT2D eigenvalue weighted by Crippen LogP contribution is 2.14. The van der Waals surface area contributed by atoms with Gasteiger partial charge in [-0.05, 0) is 59.7 Å². The molecule has 0 spiro atoms. The van der Waals surface area contributed by atoms with Gasteiger partial charge in [-0.1, -0.05) is 20.3 Å². The van der Waals surface area contributed by atoms with Crippen LogP contribution < -0.4 is 5.32 Å². The molecule has 0 aromatic rings. The molecule has 0 rings (SSSR count). The van der Waals surface area contributed by atoms with E-state index in [0.717, 1.165) is 25.9 Å². The lowest BCUT2D eigenvalue weighted by molar-refractivity contribution is 0.160. The molecule has 0 amide bonds. The number of unbranched alkanes of at least 4 members (excludes halogenated alkanes) is 1. The van der Waals surface area contributed by atoms with Crippen LogP contribution in [0.5, 0.6) is 0 Å². The van der Waals surface area contributed by atoms with Gasteiger partial charge in [0.05, 0.1) is 6.61 Å². The molecule has 0 aliphatic heterocycles. The van der Waals surface area contributed by atoms with E-state index in [9.17, 15) is 5.11 Å². The molecule has 0 aliphatic carbocycles. The topological polar surface area (TPSA) is 35.5 Å². The molecular weight excluding hydrogens is 224 g/mol. The smallest absolute Gasteiger partial charge is 0.0610 e. The van der Waals surface area contributed by atoms with Gasteiger partial charge in [0, 0.05) is 11.6 Å². The van der Waals surface area contributed by atoms with Gasteiger partial charge in [0.2, 0.25) is 0 Å². The maximum absolute atomic E-state index is 9.47. The lowest BCUT2D eigenvalue weighted by Gasteiger charge is -2.29. The van der Waals surface area contributed by atoms with E-state index in [2.05, 4.69) is 45.0 Å². The van der Waals surface area contributed by atoms with Gasteiger partial charge in [0.25, 0.3) is 0 Å². The molecule has 0 aromatic heterocycles. The quantitative estimate of drug-likeness (QED) is 0.559. The Morgan fingerprint density at radius 3 is 2.44 bits per heavy atom. The first kappa shape index (κ1) is 17.9. The summed E-state index contributed by atoms with van der Waals surface area (Å²) in [5.41, 5.74) is -0.0923. The first-order valence-electron chi connectivity index (χ1n) is 7.55. The molecule has 0 saturated carbocycles. The van der Waals surface area contributed by atoms with Crippen molar-refractivity contribution in [1.29, 1.82) is 0 Å². The van der Waals surface area contributed by atoms with Gasteiger partial charge in [-0.15, -0.1) is 0 Å². The average molecular weight is 258 g/mol. The molecule has 110 valence electrons. The van der Waals surface area contributed by atoms with Crippen LogP contribution in [-0.4, -0.2) is 48.3 Å². The molecule has 0 heterocycles. The van der Waals surface area contributed by atoms with Crippen molar-refractivity contribution in [3.63, 3.8) is 0 Å². The zero-order valence-corrected chi connectivity index (χ0v) is 13.1. The van der Waals surface area contributed by atoms with Crippen LogP contribution in [-0.2, 0) is 0 Å². The molecule has 3 heteroatoms. The number of aliphatic hydroxyl groups excluding tert-OH is 1. The second-order valence-corrected chi connectivity index (χ2v) is 5.84. The fourth-order valence-electron chi connectivity index (χ4n) is 2.06. The van der Waals surface area contributed by atoms with E-state index in [1.165, 1.54) is 19.3 Å². The van der Waals surface area contributed by atoms with Gasteiger partial charge >= 0.3 is 0 Å². The number of hydrogen-bond donors (Lipinski definition) is 2. The third kappa shape index (κ3) is 7.34. The van der Waals surface area contributed by atoms with Crippen molar-refractivity contribution < 1.29 is 5.11 Å². The van der Waals surface area contributed by atoms with Crippen LogP contribution in [0.15, 0.2) is 0 Å². The van der Waals surface area contributed by atoms with Gasteiger partial charge in [0.15, 0.2) is 0 Å². The number of hydrogen-bond acceptors (Lipinski definition) is 3. The minimum absolute atomic E-state index is 0.0923. The predicted octanol–water partition coefficient (Wildman–Crippen LogP) is 2.64. The minimum atomic E-state index is -0.0923. The van der Waals surface area contributed by atoms with E-state index < -0.39 is 0 Å². The summed E-state index contributed by atoms with van der Waals surface area (Å²) in [6, 6.07) is 0.674. The third-order valence-electron chi connectivity index (χ3n) is 3.98. The van der Waals surface area contributed by atoms with Crippen molar-refractivity contribution in [2.24, 2.45) is 0 Å². The Morgan fingerprint density at radius 1 is 1.28 bits per heavy atom. The molecule has 2 N–H and O–H groups in total. The number of rotatable bonds is 11. The summed E-state index contributed by atoms with van der Waals surface area (Å²) < 4.78 is 0. The largest absolute Gasteiger partial charge is 0.394 e. The summed E-state index contributed by atoms with van der Waals surface area (Å²) in [6.07, 6.45) is 5.77. The molecule has 0 aromatic carbocycles.